The molecule has 0 radical (unpaired) electrons. The molecule has 0 aromatic heterocycles. The van der Waals surface area contributed by atoms with Crippen molar-refractivity contribution in [1.29, 1.82) is 0 Å². The van der Waals surface area contributed by atoms with Crippen LogP contribution in [0, 0.1) is 0 Å². The Balaban J connectivity index is 2.39. The van der Waals surface area contributed by atoms with Gasteiger partial charge in [0.2, 0.25) is 0 Å². The molecule has 2 rings (SSSR count). The first-order chi connectivity index (χ1) is 13.1. The minimum absolute atomic E-state index is 0.0297. The smallest absolute Gasteiger partial charge is 0.193 e. The molecule has 0 aliphatic heterocycles. The number of benzene rings is 2. The van der Waals surface area contributed by atoms with Gasteiger partial charge in [-0.2, -0.15) is 0 Å². The molecule has 0 spiro atoms. The zero-order valence-electron chi connectivity index (χ0n) is 15.4. The summed E-state index contributed by atoms with van der Waals surface area (Å²) in [5, 5.41) is 0.624. The summed E-state index contributed by atoms with van der Waals surface area (Å²) in [6.07, 6.45) is 3.12. The van der Waals surface area contributed by atoms with Crippen molar-refractivity contribution in [3.63, 3.8) is 0 Å². The summed E-state index contributed by atoms with van der Waals surface area (Å²) in [4.78, 5) is 12.9. The summed E-state index contributed by atoms with van der Waals surface area (Å²) in [6, 6.07) is 10.3. The van der Waals surface area contributed by atoms with E-state index in [1.54, 1.807) is 30.3 Å². The van der Waals surface area contributed by atoms with Crippen LogP contribution < -0.4 is 14.2 Å². The summed E-state index contributed by atoms with van der Waals surface area (Å²) in [5.41, 5.74) is 1.08. The maximum absolute atomic E-state index is 12.9. The minimum atomic E-state index is -0.301. The van der Waals surface area contributed by atoms with E-state index in [0.29, 0.717) is 10.8 Å². The Morgan fingerprint density at radius 3 is 2.00 bits per heavy atom. The van der Waals surface area contributed by atoms with Crippen molar-refractivity contribution >= 4 is 23.5 Å². The van der Waals surface area contributed by atoms with Crippen molar-refractivity contribution in [3.05, 3.63) is 58.6 Å². The number of halogens is 1. The molecule has 2 aromatic carbocycles. The van der Waals surface area contributed by atoms with Gasteiger partial charge in [0, 0.05) is 31.4 Å². The summed E-state index contributed by atoms with van der Waals surface area (Å²) < 4.78 is 26.2. The molecule has 0 saturated carbocycles. The SMILES string of the molecule is COCOc1cc(OC)cc(OCOC)c1C(=O)/C=C/c1ccc(Cl)cc1. The van der Waals surface area contributed by atoms with Gasteiger partial charge in [-0.25, -0.2) is 0 Å². The second-order valence-corrected chi connectivity index (χ2v) is 5.79. The Labute approximate surface area is 163 Å². The van der Waals surface area contributed by atoms with Gasteiger partial charge in [-0.1, -0.05) is 29.8 Å². The molecule has 0 aliphatic carbocycles. The van der Waals surface area contributed by atoms with Crippen molar-refractivity contribution in [1.82, 2.24) is 0 Å². The van der Waals surface area contributed by atoms with Crippen LogP contribution in [0.1, 0.15) is 15.9 Å². The average molecular weight is 393 g/mol. The first kappa shape index (κ1) is 20.8. The number of hydrogen-bond acceptors (Lipinski definition) is 6. The van der Waals surface area contributed by atoms with E-state index in [2.05, 4.69) is 0 Å². The van der Waals surface area contributed by atoms with Crippen LogP contribution in [0.15, 0.2) is 42.5 Å². The Morgan fingerprint density at radius 2 is 1.52 bits per heavy atom. The first-order valence-corrected chi connectivity index (χ1v) is 8.40. The third kappa shape index (κ3) is 5.99. The Kier molecular flexibility index (Phi) is 8.13. The predicted molar refractivity (Wildman–Crippen MR) is 103 cm³/mol. The van der Waals surface area contributed by atoms with E-state index >= 15 is 0 Å². The normalized spacial score (nSPS) is 10.8. The Morgan fingerprint density at radius 1 is 0.963 bits per heavy atom. The summed E-state index contributed by atoms with van der Waals surface area (Å²) in [6.45, 7) is -0.0594. The number of allylic oxidation sites excluding steroid dienone is 1. The molecule has 0 unspecified atom stereocenters. The maximum Gasteiger partial charge on any atom is 0.193 e. The minimum Gasteiger partial charge on any atom is -0.496 e. The van der Waals surface area contributed by atoms with Crippen molar-refractivity contribution in [2.45, 2.75) is 0 Å². The molecule has 0 bridgehead atoms. The monoisotopic (exact) mass is 392 g/mol. The lowest BCUT2D eigenvalue weighted by Crippen LogP contribution is -2.09. The lowest BCUT2D eigenvalue weighted by atomic mass is 10.1. The molecule has 0 saturated heterocycles. The van der Waals surface area contributed by atoms with Crippen LogP contribution in [0.4, 0.5) is 0 Å². The molecule has 0 amide bonds. The fourth-order valence-corrected chi connectivity index (χ4v) is 2.35. The quantitative estimate of drug-likeness (QED) is 0.343. The Hall–Kier alpha value is -2.54. The van der Waals surface area contributed by atoms with E-state index < -0.39 is 0 Å². The lowest BCUT2D eigenvalue weighted by molar-refractivity contribution is 0.0444. The molecule has 6 nitrogen and oxygen atoms in total. The van der Waals surface area contributed by atoms with Gasteiger partial charge in [-0.05, 0) is 23.8 Å². The van der Waals surface area contributed by atoms with E-state index in [0.717, 1.165) is 5.56 Å². The fraction of sp³-hybridized carbons (Fsp3) is 0.250. The van der Waals surface area contributed by atoms with Gasteiger partial charge in [0.1, 0.15) is 22.8 Å². The predicted octanol–water partition coefficient (Wildman–Crippen LogP) is 4.21. The van der Waals surface area contributed by atoms with Gasteiger partial charge in [-0.15, -0.1) is 0 Å². The number of carbonyl (C=O) groups excluding carboxylic acids is 1. The van der Waals surface area contributed by atoms with Crippen LogP contribution in [0.5, 0.6) is 17.2 Å². The zero-order chi connectivity index (χ0) is 19.6. The summed E-state index contributed by atoms with van der Waals surface area (Å²) in [7, 11) is 4.49. The van der Waals surface area contributed by atoms with Gasteiger partial charge in [-0.3, -0.25) is 4.79 Å². The van der Waals surface area contributed by atoms with Crippen LogP contribution >= 0.6 is 11.6 Å². The van der Waals surface area contributed by atoms with E-state index in [9.17, 15) is 4.79 Å². The molecule has 144 valence electrons. The number of carbonyl (C=O) groups is 1. The standard InChI is InChI=1S/C20H21ClO6/c1-23-12-26-18-10-16(25-3)11-19(27-13-24-2)20(18)17(22)9-6-14-4-7-15(21)8-5-14/h4-11H,12-13H2,1-3H3/b9-6+. The summed E-state index contributed by atoms with van der Waals surface area (Å²) >= 11 is 5.88. The number of rotatable bonds is 10. The molecule has 0 heterocycles. The number of ether oxygens (including phenoxy) is 5. The van der Waals surface area contributed by atoms with Gasteiger partial charge < -0.3 is 23.7 Å². The second kappa shape index (κ2) is 10.6. The molecule has 0 fully saturated rings. The molecule has 0 N–H and O–H groups in total. The summed E-state index contributed by atoms with van der Waals surface area (Å²) in [5.74, 6) is 0.747. The molecule has 27 heavy (non-hydrogen) atoms. The molecular weight excluding hydrogens is 372 g/mol. The van der Waals surface area contributed by atoms with Crippen molar-refractivity contribution in [2.24, 2.45) is 0 Å². The number of hydrogen-bond donors (Lipinski definition) is 0. The highest BCUT2D eigenvalue weighted by atomic mass is 35.5. The third-order valence-electron chi connectivity index (χ3n) is 3.48. The molecule has 0 atom stereocenters. The lowest BCUT2D eigenvalue weighted by Gasteiger charge is -2.15. The van der Waals surface area contributed by atoms with Gasteiger partial charge in [0.25, 0.3) is 0 Å². The fourth-order valence-electron chi connectivity index (χ4n) is 2.23. The van der Waals surface area contributed by atoms with Crippen LogP contribution in [-0.4, -0.2) is 40.7 Å². The Bertz CT molecular complexity index is 757. The number of ketones is 1. The van der Waals surface area contributed by atoms with Gasteiger partial charge in [0.15, 0.2) is 19.4 Å². The van der Waals surface area contributed by atoms with Crippen LogP contribution in [0.25, 0.3) is 6.08 Å². The van der Waals surface area contributed by atoms with Crippen molar-refractivity contribution in [2.75, 3.05) is 34.9 Å². The van der Waals surface area contributed by atoms with Gasteiger partial charge in [0.05, 0.1) is 7.11 Å². The molecule has 2 aromatic rings. The second-order valence-electron chi connectivity index (χ2n) is 5.35. The van der Waals surface area contributed by atoms with E-state index in [-0.39, 0.29) is 36.4 Å². The zero-order valence-corrected chi connectivity index (χ0v) is 16.1. The molecule has 0 aliphatic rings. The van der Waals surface area contributed by atoms with Crippen molar-refractivity contribution in [3.8, 4) is 17.2 Å². The van der Waals surface area contributed by atoms with Gasteiger partial charge >= 0.3 is 0 Å². The van der Waals surface area contributed by atoms with E-state index in [1.165, 1.54) is 27.4 Å². The third-order valence-corrected chi connectivity index (χ3v) is 3.74. The molecular formula is C20H21ClO6. The highest BCUT2D eigenvalue weighted by Crippen LogP contribution is 2.35. The molecule has 7 heteroatoms. The van der Waals surface area contributed by atoms with E-state index in [1.807, 2.05) is 12.1 Å². The van der Waals surface area contributed by atoms with E-state index in [4.69, 9.17) is 35.3 Å². The average Bonchev–Trinajstić information content (AvgIpc) is 2.69. The highest BCUT2D eigenvalue weighted by molar-refractivity contribution is 6.30. The number of methoxy groups -OCH3 is 3. The maximum atomic E-state index is 12.9. The van der Waals surface area contributed by atoms with Crippen LogP contribution in [0.3, 0.4) is 0 Å². The van der Waals surface area contributed by atoms with Crippen molar-refractivity contribution < 1.29 is 28.5 Å². The highest BCUT2D eigenvalue weighted by Gasteiger charge is 2.20. The van der Waals surface area contributed by atoms with Crippen LogP contribution in [0.2, 0.25) is 5.02 Å². The largest absolute Gasteiger partial charge is 0.496 e. The first-order valence-electron chi connectivity index (χ1n) is 8.02. The van der Waals surface area contributed by atoms with Crippen LogP contribution in [-0.2, 0) is 9.47 Å². The topological polar surface area (TPSA) is 63.2 Å².